The zero-order valence-corrected chi connectivity index (χ0v) is 15.0. The number of pyridine rings is 1. The Morgan fingerprint density at radius 2 is 1.93 bits per heavy atom. The number of aromatic nitrogens is 5. The van der Waals surface area contributed by atoms with Crippen molar-refractivity contribution >= 4 is 11.6 Å². The van der Waals surface area contributed by atoms with E-state index in [1.807, 2.05) is 37.3 Å². The molecule has 0 saturated carbocycles. The summed E-state index contributed by atoms with van der Waals surface area (Å²) in [5, 5.41) is 14.0. The standard InChI is InChI=1S/C20H16N6O2/c1-14-12-15(9-10-18(14)26-13-22-24-25-26)23-19(27)17-8-5-11-21-20(17)28-16-6-3-2-4-7-16/h2-13H,1H3,(H,23,27). The van der Waals surface area contributed by atoms with E-state index in [2.05, 4.69) is 25.8 Å². The van der Waals surface area contributed by atoms with Gasteiger partial charge in [0, 0.05) is 11.9 Å². The van der Waals surface area contributed by atoms with Gasteiger partial charge in [-0.3, -0.25) is 4.79 Å². The summed E-state index contributed by atoms with van der Waals surface area (Å²) in [6.07, 6.45) is 3.10. The van der Waals surface area contributed by atoms with Gasteiger partial charge in [-0.2, -0.15) is 0 Å². The van der Waals surface area contributed by atoms with Crippen LogP contribution in [0.2, 0.25) is 0 Å². The summed E-state index contributed by atoms with van der Waals surface area (Å²) in [7, 11) is 0. The summed E-state index contributed by atoms with van der Waals surface area (Å²) in [6, 6.07) is 18.0. The number of carbonyl (C=O) groups excluding carboxylic acids is 1. The molecule has 2 heterocycles. The van der Waals surface area contributed by atoms with Crippen LogP contribution in [0.25, 0.3) is 5.69 Å². The van der Waals surface area contributed by atoms with E-state index in [-0.39, 0.29) is 11.8 Å². The van der Waals surface area contributed by atoms with Gasteiger partial charge in [-0.05, 0) is 65.4 Å². The normalized spacial score (nSPS) is 10.5. The van der Waals surface area contributed by atoms with Gasteiger partial charge in [-0.1, -0.05) is 18.2 Å². The lowest BCUT2D eigenvalue weighted by Gasteiger charge is -2.12. The van der Waals surface area contributed by atoms with Crippen LogP contribution >= 0.6 is 0 Å². The molecule has 0 aliphatic heterocycles. The van der Waals surface area contributed by atoms with Gasteiger partial charge in [0.2, 0.25) is 5.88 Å². The van der Waals surface area contributed by atoms with Crippen LogP contribution in [0.4, 0.5) is 5.69 Å². The Morgan fingerprint density at radius 1 is 1.07 bits per heavy atom. The summed E-state index contributed by atoms with van der Waals surface area (Å²) in [6.45, 7) is 1.92. The molecule has 28 heavy (non-hydrogen) atoms. The van der Waals surface area contributed by atoms with E-state index in [9.17, 15) is 4.79 Å². The van der Waals surface area contributed by atoms with Crippen LogP contribution in [-0.4, -0.2) is 31.1 Å². The molecule has 0 atom stereocenters. The zero-order chi connectivity index (χ0) is 19.3. The van der Waals surface area contributed by atoms with Gasteiger partial charge >= 0.3 is 0 Å². The van der Waals surface area contributed by atoms with E-state index in [4.69, 9.17) is 4.74 Å². The van der Waals surface area contributed by atoms with Crippen molar-refractivity contribution in [1.29, 1.82) is 0 Å². The van der Waals surface area contributed by atoms with Crippen LogP contribution in [0.15, 0.2) is 73.2 Å². The Bertz CT molecular complexity index is 1100. The van der Waals surface area contributed by atoms with Gasteiger partial charge in [0.15, 0.2) is 0 Å². The van der Waals surface area contributed by atoms with Crippen molar-refractivity contribution < 1.29 is 9.53 Å². The van der Waals surface area contributed by atoms with E-state index >= 15 is 0 Å². The average Bonchev–Trinajstić information content (AvgIpc) is 3.24. The van der Waals surface area contributed by atoms with Crippen LogP contribution in [-0.2, 0) is 0 Å². The molecule has 138 valence electrons. The lowest BCUT2D eigenvalue weighted by Crippen LogP contribution is -2.14. The number of anilines is 1. The number of rotatable bonds is 5. The molecular formula is C20H16N6O2. The van der Waals surface area contributed by atoms with Gasteiger partial charge in [0.1, 0.15) is 17.6 Å². The van der Waals surface area contributed by atoms with Crippen molar-refractivity contribution in [3.05, 3.63) is 84.3 Å². The molecule has 1 amide bonds. The van der Waals surface area contributed by atoms with Crippen molar-refractivity contribution in [2.24, 2.45) is 0 Å². The first-order chi connectivity index (χ1) is 13.7. The highest BCUT2D eigenvalue weighted by Crippen LogP contribution is 2.24. The molecule has 4 rings (SSSR count). The number of nitrogens with zero attached hydrogens (tertiary/aromatic N) is 5. The minimum Gasteiger partial charge on any atom is -0.438 e. The minimum atomic E-state index is -0.311. The molecular weight excluding hydrogens is 356 g/mol. The maximum Gasteiger partial charge on any atom is 0.261 e. The van der Waals surface area contributed by atoms with Gasteiger partial charge in [-0.25, -0.2) is 9.67 Å². The topological polar surface area (TPSA) is 94.8 Å². The molecule has 0 spiro atoms. The van der Waals surface area contributed by atoms with Crippen molar-refractivity contribution in [2.75, 3.05) is 5.32 Å². The SMILES string of the molecule is Cc1cc(NC(=O)c2cccnc2Oc2ccccc2)ccc1-n1cnnn1. The Kier molecular flexibility index (Phi) is 4.75. The third-order valence-electron chi connectivity index (χ3n) is 4.02. The Morgan fingerprint density at radius 3 is 2.68 bits per heavy atom. The average molecular weight is 372 g/mol. The second kappa shape index (κ2) is 7.67. The van der Waals surface area contributed by atoms with E-state index in [1.54, 1.807) is 41.2 Å². The van der Waals surface area contributed by atoms with Gasteiger partial charge < -0.3 is 10.1 Å². The van der Waals surface area contributed by atoms with Crippen LogP contribution in [0, 0.1) is 6.92 Å². The zero-order valence-electron chi connectivity index (χ0n) is 15.0. The fourth-order valence-electron chi connectivity index (χ4n) is 2.71. The maximum atomic E-state index is 12.8. The van der Waals surface area contributed by atoms with E-state index < -0.39 is 0 Å². The number of hydrogen-bond acceptors (Lipinski definition) is 6. The fourth-order valence-corrected chi connectivity index (χ4v) is 2.71. The number of hydrogen-bond donors (Lipinski definition) is 1. The van der Waals surface area contributed by atoms with E-state index in [0.717, 1.165) is 11.3 Å². The maximum absolute atomic E-state index is 12.8. The first kappa shape index (κ1) is 17.3. The van der Waals surface area contributed by atoms with Crippen molar-refractivity contribution in [1.82, 2.24) is 25.2 Å². The molecule has 0 aliphatic carbocycles. The third kappa shape index (κ3) is 3.70. The highest BCUT2D eigenvalue weighted by molar-refractivity contribution is 6.05. The predicted molar refractivity (Wildman–Crippen MR) is 103 cm³/mol. The quantitative estimate of drug-likeness (QED) is 0.577. The molecule has 0 saturated heterocycles. The molecule has 8 nitrogen and oxygen atoms in total. The number of para-hydroxylation sites is 1. The molecule has 0 radical (unpaired) electrons. The lowest BCUT2D eigenvalue weighted by molar-refractivity contribution is 0.102. The number of ether oxygens (including phenoxy) is 1. The fraction of sp³-hybridized carbons (Fsp3) is 0.0500. The van der Waals surface area contributed by atoms with Crippen molar-refractivity contribution in [3.8, 4) is 17.3 Å². The summed E-state index contributed by atoms with van der Waals surface area (Å²) >= 11 is 0. The first-order valence-corrected chi connectivity index (χ1v) is 8.54. The summed E-state index contributed by atoms with van der Waals surface area (Å²) in [5.41, 5.74) is 2.73. The lowest BCUT2D eigenvalue weighted by atomic mass is 10.1. The number of nitrogens with one attached hydrogen (secondary N) is 1. The number of benzene rings is 2. The van der Waals surface area contributed by atoms with Gasteiger partial charge in [-0.15, -0.1) is 5.10 Å². The van der Waals surface area contributed by atoms with Crippen LogP contribution in [0.3, 0.4) is 0 Å². The largest absolute Gasteiger partial charge is 0.438 e. The monoisotopic (exact) mass is 372 g/mol. The Hall–Kier alpha value is -4.07. The van der Waals surface area contributed by atoms with E-state index in [0.29, 0.717) is 17.0 Å². The molecule has 0 fully saturated rings. The molecule has 0 aliphatic rings. The molecule has 4 aromatic rings. The smallest absolute Gasteiger partial charge is 0.261 e. The number of amides is 1. The highest BCUT2D eigenvalue weighted by atomic mass is 16.5. The number of aryl methyl sites for hydroxylation is 1. The molecule has 0 unspecified atom stereocenters. The highest BCUT2D eigenvalue weighted by Gasteiger charge is 2.15. The second-order valence-corrected chi connectivity index (χ2v) is 5.98. The van der Waals surface area contributed by atoms with Crippen molar-refractivity contribution in [2.45, 2.75) is 6.92 Å². The van der Waals surface area contributed by atoms with Gasteiger partial charge in [0.25, 0.3) is 5.91 Å². The van der Waals surface area contributed by atoms with Crippen LogP contribution in [0.5, 0.6) is 11.6 Å². The summed E-state index contributed by atoms with van der Waals surface area (Å²) < 4.78 is 7.33. The summed E-state index contributed by atoms with van der Waals surface area (Å²) in [4.78, 5) is 17.0. The molecule has 8 heteroatoms. The Labute approximate surface area is 160 Å². The molecule has 2 aromatic carbocycles. The molecule has 1 N–H and O–H groups in total. The predicted octanol–water partition coefficient (Wildman–Crippen LogP) is 3.41. The Balaban J connectivity index is 1.55. The molecule has 2 aromatic heterocycles. The summed E-state index contributed by atoms with van der Waals surface area (Å²) in [5.74, 6) is 0.540. The third-order valence-corrected chi connectivity index (χ3v) is 4.02. The van der Waals surface area contributed by atoms with Crippen molar-refractivity contribution in [3.63, 3.8) is 0 Å². The van der Waals surface area contributed by atoms with Gasteiger partial charge in [0.05, 0.1) is 5.69 Å². The minimum absolute atomic E-state index is 0.244. The second-order valence-electron chi connectivity index (χ2n) is 5.98. The first-order valence-electron chi connectivity index (χ1n) is 8.54. The van der Waals surface area contributed by atoms with Crippen LogP contribution in [0.1, 0.15) is 15.9 Å². The molecule has 0 bridgehead atoms. The van der Waals surface area contributed by atoms with Crippen LogP contribution < -0.4 is 10.1 Å². The van der Waals surface area contributed by atoms with E-state index in [1.165, 1.54) is 6.33 Å². The number of tetrazole rings is 1. The number of carbonyl (C=O) groups is 1.